The van der Waals surface area contributed by atoms with Gasteiger partial charge in [0.1, 0.15) is 0 Å². The van der Waals surface area contributed by atoms with E-state index in [0.29, 0.717) is 0 Å². The molecule has 1 aliphatic carbocycles. The molecule has 1 unspecified atom stereocenters. The predicted octanol–water partition coefficient (Wildman–Crippen LogP) is 4.51. The Kier molecular flexibility index (Phi) is 3.88. The quantitative estimate of drug-likeness (QED) is 0.865. The van der Waals surface area contributed by atoms with Crippen LogP contribution in [0, 0.1) is 6.92 Å². The van der Waals surface area contributed by atoms with E-state index in [4.69, 9.17) is 5.73 Å². The summed E-state index contributed by atoms with van der Waals surface area (Å²) < 4.78 is 0. The molecule has 0 amide bonds. The van der Waals surface area contributed by atoms with Gasteiger partial charge in [0, 0.05) is 6.04 Å². The highest BCUT2D eigenvalue weighted by molar-refractivity contribution is 5.35. The van der Waals surface area contributed by atoms with E-state index in [1.807, 2.05) is 0 Å². The van der Waals surface area contributed by atoms with Crippen LogP contribution in [-0.4, -0.2) is 0 Å². The lowest BCUT2D eigenvalue weighted by Crippen LogP contribution is -2.19. The van der Waals surface area contributed by atoms with Crippen molar-refractivity contribution in [1.29, 1.82) is 0 Å². The van der Waals surface area contributed by atoms with E-state index in [2.05, 4.69) is 55.5 Å². The van der Waals surface area contributed by atoms with Crippen LogP contribution in [0.15, 0.2) is 48.5 Å². The summed E-state index contributed by atoms with van der Waals surface area (Å²) in [6.45, 7) is 2.12. The molecular weight excluding hydrogens is 242 g/mol. The molecule has 3 rings (SSSR count). The molecule has 0 spiro atoms. The van der Waals surface area contributed by atoms with Gasteiger partial charge in [-0.3, -0.25) is 0 Å². The number of hydrogen-bond donors (Lipinski definition) is 1. The van der Waals surface area contributed by atoms with Crippen LogP contribution >= 0.6 is 0 Å². The number of aryl methyl sites for hydroxylation is 1. The molecule has 0 bridgehead atoms. The molecule has 1 nitrogen and oxygen atoms in total. The van der Waals surface area contributed by atoms with Crippen molar-refractivity contribution in [3.8, 4) is 0 Å². The first-order chi connectivity index (χ1) is 9.74. The summed E-state index contributed by atoms with van der Waals surface area (Å²) in [5.74, 6) is 0.746. The van der Waals surface area contributed by atoms with Crippen LogP contribution in [0.4, 0.5) is 0 Å². The van der Waals surface area contributed by atoms with E-state index >= 15 is 0 Å². The van der Waals surface area contributed by atoms with Gasteiger partial charge >= 0.3 is 0 Å². The molecule has 20 heavy (non-hydrogen) atoms. The lowest BCUT2D eigenvalue weighted by Gasteiger charge is -2.29. The summed E-state index contributed by atoms with van der Waals surface area (Å²) in [4.78, 5) is 0. The first-order valence-corrected chi connectivity index (χ1v) is 7.64. The standard InChI is InChI=1S/C19H23N/c1-14-9-11-15(12-10-14)13-19(20)18-8-3-2-7-17(18)16-5-4-6-16/h2-3,7-12,16,19H,4-6,13,20H2,1H3. The molecule has 0 saturated heterocycles. The van der Waals surface area contributed by atoms with Crippen molar-refractivity contribution in [3.05, 3.63) is 70.8 Å². The second-order valence-electron chi connectivity index (χ2n) is 6.05. The maximum absolute atomic E-state index is 6.48. The van der Waals surface area contributed by atoms with Crippen molar-refractivity contribution in [3.63, 3.8) is 0 Å². The Bertz CT molecular complexity index is 567. The fraction of sp³-hybridized carbons (Fsp3) is 0.368. The van der Waals surface area contributed by atoms with Gasteiger partial charge in [0.2, 0.25) is 0 Å². The van der Waals surface area contributed by atoms with Crippen molar-refractivity contribution in [2.75, 3.05) is 0 Å². The monoisotopic (exact) mass is 265 g/mol. The Morgan fingerprint density at radius 1 is 1.05 bits per heavy atom. The average molecular weight is 265 g/mol. The van der Waals surface area contributed by atoms with E-state index < -0.39 is 0 Å². The lowest BCUT2D eigenvalue weighted by atomic mass is 9.77. The normalized spacial score (nSPS) is 16.7. The van der Waals surface area contributed by atoms with Crippen LogP contribution in [0.1, 0.15) is 53.5 Å². The van der Waals surface area contributed by atoms with Gasteiger partial charge in [-0.05, 0) is 48.8 Å². The molecule has 0 radical (unpaired) electrons. The van der Waals surface area contributed by atoms with Gasteiger partial charge in [-0.1, -0.05) is 60.5 Å². The second-order valence-corrected chi connectivity index (χ2v) is 6.05. The smallest absolute Gasteiger partial charge is 0.0338 e. The zero-order chi connectivity index (χ0) is 13.9. The first-order valence-electron chi connectivity index (χ1n) is 7.64. The molecule has 2 aromatic carbocycles. The number of hydrogen-bond acceptors (Lipinski definition) is 1. The van der Waals surface area contributed by atoms with Crippen molar-refractivity contribution in [2.45, 2.75) is 44.6 Å². The SMILES string of the molecule is Cc1ccc(CC(N)c2ccccc2C2CCC2)cc1. The van der Waals surface area contributed by atoms with Crippen LogP contribution in [0.5, 0.6) is 0 Å². The maximum atomic E-state index is 6.48. The van der Waals surface area contributed by atoms with Crippen molar-refractivity contribution >= 4 is 0 Å². The maximum Gasteiger partial charge on any atom is 0.0338 e. The summed E-state index contributed by atoms with van der Waals surface area (Å²) in [6.07, 6.45) is 4.94. The largest absolute Gasteiger partial charge is 0.324 e. The molecule has 0 aliphatic heterocycles. The number of nitrogens with two attached hydrogens (primary N) is 1. The van der Waals surface area contributed by atoms with E-state index in [1.165, 1.54) is 41.5 Å². The number of benzene rings is 2. The lowest BCUT2D eigenvalue weighted by molar-refractivity contribution is 0.415. The highest BCUT2D eigenvalue weighted by atomic mass is 14.6. The third kappa shape index (κ3) is 2.78. The summed E-state index contributed by atoms with van der Waals surface area (Å²) in [6, 6.07) is 17.6. The average Bonchev–Trinajstić information content (AvgIpc) is 2.40. The summed E-state index contributed by atoms with van der Waals surface area (Å²) in [5, 5.41) is 0. The molecule has 2 aromatic rings. The zero-order valence-electron chi connectivity index (χ0n) is 12.2. The Labute approximate surface area is 121 Å². The Morgan fingerprint density at radius 3 is 2.40 bits per heavy atom. The topological polar surface area (TPSA) is 26.0 Å². The van der Waals surface area contributed by atoms with Crippen LogP contribution < -0.4 is 5.73 Å². The van der Waals surface area contributed by atoms with Crippen molar-refractivity contribution in [2.24, 2.45) is 5.73 Å². The summed E-state index contributed by atoms with van der Waals surface area (Å²) in [5.41, 5.74) is 11.9. The van der Waals surface area contributed by atoms with Gasteiger partial charge in [0.25, 0.3) is 0 Å². The highest BCUT2D eigenvalue weighted by Crippen LogP contribution is 2.39. The molecule has 1 fully saturated rings. The third-order valence-corrected chi connectivity index (χ3v) is 4.52. The van der Waals surface area contributed by atoms with Gasteiger partial charge in [-0.15, -0.1) is 0 Å². The molecular formula is C19H23N. The molecule has 1 saturated carbocycles. The molecule has 1 atom stereocenters. The van der Waals surface area contributed by atoms with Gasteiger partial charge in [0.15, 0.2) is 0 Å². The Morgan fingerprint density at radius 2 is 1.75 bits per heavy atom. The second kappa shape index (κ2) is 5.80. The van der Waals surface area contributed by atoms with E-state index in [1.54, 1.807) is 0 Å². The minimum absolute atomic E-state index is 0.106. The fourth-order valence-corrected chi connectivity index (χ4v) is 3.03. The summed E-state index contributed by atoms with van der Waals surface area (Å²) >= 11 is 0. The number of rotatable bonds is 4. The minimum atomic E-state index is 0.106. The van der Waals surface area contributed by atoms with E-state index in [-0.39, 0.29) is 6.04 Å². The van der Waals surface area contributed by atoms with Crippen molar-refractivity contribution in [1.82, 2.24) is 0 Å². The highest BCUT2D eigenvalue weighted by Gasteiger charge is 2.23. The van der Waals surface area contributed by atoms with Gasteiger partial charge in [-0.25, -0.2) is 0 Å². The molecule has 104 valence electrons. The van der Waals surface area contributed by atoms with Crippen LogP contribution in [0.3, 0.4) is 0 Å². The van der Waals surface area contributed by atoms with Crippen LogP contribution in [-0.2, 0) is 6.42 Å². The van der Waals surface area contributed by atoms with Gasteiger partial charge in [0.05, 0.1) is 0 Å². The van der Waals surface area contributed by atoms with E-state index in [0.717, 1.165) is 12.3 Å². The van der Waals surface area contributed by atoms with Crippen LogP contribution in [0.25, 0.3) is 0 Å². The zero-order valence-corrected chi connectivity index (χ0v) is 12.2. The summed E-state index contributed by atoms with van der Waals surface area (Å²) in [7, 11) is 0. The molecule has 0 heterocycles. The third-order valence-electron chi connectivity index (χ3n) is 4.52. The first kappa shape index (κ1) is 13.4. The van der Waals surface area contributed by atoms with E-state index in [9.17, 15) is 0 Å². The predicted molar refractivity (Wildman–Crippen MR) is 84.8 cm³/mol. The van der Waals surface area contributed by atoms with Crippen LogP contribution in [0.2, 0.25) is 0 Å². The fourth-order valence-electron chi connectivity index (χ4n) is 3.03. The van der Waals surface area contributed by atoms with Gasteiger partial charge < -0.3 is 5.73 Å². The molecule has 1 aliphatic rings. The Hall–Kier alpha value is -1.60. The minimum Gasteiger partial charge on any atom is -0.324 e. The molecule has 0 aromatic heterocycles. The van der Waals surface area contributed by atoms with Crippen molar-refractivity contribution < 1.29 is 0 Å². The molecule has 1 heteroatoms. The van der Waals surface area contributed by atoms with Gasteiger partial charge in [-0.2, -0.15) is 0 Å². The molecule has 2 N–H and O–H groups in total. The Balaban J connectivity index is 1.79.